The van der Waals surface area contributed by atoms with Gasteiger partial charge in [0.1, 0.15) is 5.82 Å². The minimum atomic E-state index is 0.540. The monoisotopic (exact) mass is 351 g/mol. The average Bonchev–Trinajstić information content (AvgIpc) is 3.32. The molecule has 0 radical (unpaired) electrons. The molecule has 1 saturated heterocycles. The topological polar surface area (TPSA) is 21.1 Å². The summed E-state index contributed by atoms with van der Waals surface area (Å²) in [5.74, 6) is 1.80. The zero-order chi connectivity index (χ0) is 17.2. The van der Waals surface area contributed by atoms with Crippen LogP contribution in [0.1, 0.15) is 39.2 Å². The standard InChI is InChI=1S/C21H25N3S/c1-16-12-22-21(24(16)13-18-6-4-3-5-7-18)19-10-11-23(14-19)15-20-9-8-17(2)25-20/h3-9,12,19H,10-11,13-15H2,1-2H3. The first kappa shape index (κ1) is 16.6. The zero-order valence-corrected chi connectivity index (χ0v) is 15.8. The molecule has 1 aliphatic rings. The van der Waals surface area contributed by atoms with Crippen molar-refractivity contribution in [2.24, 2.45) is 0 Å². The van der Waals surface area contributed by atoms with Crippen molar-refractivity contribution in [3.63, 3.8) is 0 Å². The van der Waals surface area contributed by atoms with Gasteiger partial charge in [0, 0.05) is 47.2 Å². The van der Waals surface area contributed by atoms with Crippen LogP contribution in [0.2, 0.25) is 0 Å². The van der Waals surface area contributed by atoms with Gasteiger partial charge >= 0.3 is 0 Å². The highest BCUT2D eigenvalue weighted by atomic mass is 32.1. The highest BCUT2D eigenvalue weighted by molar-refractivity contribution is 7.11. The van der Waals surface area contributed by atoms with E-state index in [1.807, 2.05) is 17.5 Å². The maximum absolute atomic E-state index is 4.78. The van der Waals surface area contributed by atoms with Gasteiger partial charge in [-0.15, -0.1) is 11.3 Å². The third-order valence-corrected chi connectivity index (χ3v) is 6.07. The minimum absolute atomic E-state index is 0.540. The van der Waals surface area contributed by atoms with Crippen LogP contribution in [0.5, 0.6) is 0 Å². The lowest BCUT2D eigenvalue weighted by atomic mass is 10.1. The predicted molar refractivity (Wildman–Crippen MR) is 104 cm³/mol. The molecule has 1 aromatic carbocycles. The van der Waals surface area contributed by atoms with Gasteiger partial charge in [0.25, 0.3) is 0 Å². The lowest BCUT2D eigenvalue weighted by Gasteiger charge is -2.17. The third kappa shape index (κ3) is 3.70. The first-order valence-electron chi connectivity index (χ1n) is 9.02. The molecule has 0 saturated carbocycles. The van der Waals surface area contributed by atoms with E-state index >= 15 is 0 Å². The molecule has 25 heavy (non-hydrogen) atoms. The van der Waals surface area contributed by atoms with E-state index in [0.29, 0.717) is 5.92 Å². The number of aryl methyl sites for hydroxylation is 2. The van der Waals surface area contributed by atoms with Gasteiger partial charge in [-0.25, -0.2) is 4.98 Å². The van der Waals surface area contributed by atoms with Gasteiger partial charge in [-0.2, -0.15) is 0 Å². The van der Waals surface area contributed by atoms with Crippen molar-refractivity contribution in [2.75, 3.05) is 13.1 Å². The van der Waals surface area contributed by atoms with Gasteiger partial charge < -0.3 is 4.57 Å². The van der Waals surface area contributed by atoms with Crippen LogP contribution in [0.4, 0.5) is 0 Å². The number of thiophene rings is 1. The van der Waals surface area contributed by atoms with Crippen LogP contribution in [0.15, 0.2) is 48.7 Å². The molecule has 0 N–H and O–H groups in total. The summed E-state index contributed by atoms with van der Waals surface area (Å²) in [5.41, 5.74) is 2.60. The Kier molecular flexibility index (Phi) is 4.73. The smallest absolute Gasteiger partial charge is 0.113 e. The average molecular weight is 352 g/mol. The van der Waals surface area contributed by atoms with Crippen molar-refractivity contribution in [1.29, 1.82) is 0 Å². The van der Waals surface area contributed by atoms with E-state index < -0.39 is 0 Å². The van der Waals surface area contributed by atoms with Crippen LogP contribution in [0.25, 0.3) is 0 Å². The fourth-order valence-electron chi connectivity index (χ4n) is 3.75. The Morgan fingerprint density at radius 2 is 1.92 bits per heavy atom. The Balaban J connectivity index is 1.47. The second-order valence-corrected chi connectivity index (χ2v) is 8.44. The van der Waals surface area contributed by atoms with Crippen LogP contribution < -0.4 is 0 Å². The Labute approximate surface area is 153 Å². The van der Waals surface area contributed by atoms with E-state index in [4.69, 9.17) is 4.98 Å². The Morgan fingerprint density at radius 1 is 1.08 bits per heavy atom. The Bertz CT molecular complexity index is 834. The van der Waals surface area contributed by atoms with E-state index in [9.17, 15) is 0 Å². The molecule has 3 nitrogen and oxygen atoms in total. The predicted octanol–water partition coefficient (Wildman–Crippen LogP) is 4.60. The van der Waals surface area contributed by atoms with Crippen molar-refractivity contribution in [3.05, 3.63) is 75.5 Å². The van der Waals surface area contributed by atoms with E-state index in [2.05, 4.69) is 65.8 Å². The highest BCUT2D eigenvalue weighted by Gasteiger charge is 2.28. The first-order chi connectivity index (χ1) is 12.2. The largest absolute Gasteiger partial charge is 0.328 e. The number of benzene rings is 1. The van der Waals surface area contributed by atoms with Gasteiger partial charge in [-0.3, -0.25) is 4.90 Å². The van der Waals surface area contributed by atoms with Gasteiger partial charge in [0.05, 0.1) is 0 Å². The summed E-state index contributed by atoms with van der Waals surface area (Å²) in [6, 6.07) is 15.2. The molecule has 1 atom stereocenters. The van der Waals surface area contributed by atoms with Gasteiger partial charge in [-0.05, 0) is 44.5 Å². The number of aromatic nitrogens is 2. The number of imidazole rings is 1. The summed E-state index contributed by atoms with van der Waals surface area (Å²) in [7, 11) is 0. The molecule has 1 fully saturated rings. The quantitative estimate of drug-likeness (QED) is 0.670. The molecule has 4 heteroatoms. The number of nitrogens with zero attached hydrogens (tertiary/aromatic N) is 3. The number of likely N-dealkylation sites (tertiary alicyclic amines) is 1. The van der Waals surface area contributed by atoms with E-state index in [1.54, 1.807) is 0 Å². The van der Waals surface area contributed by atoms with Crippen LogP contribution in [-0.2, 0) is 13.1 Å². The first-order valence-corrected chi connectivity index (χ1v) is 9.84. The molecule has 1 aliphatic heterocycles. The molecule has 2 aromatic heterocycles. The van der Waals surface area contributed by atoms with E-state index in [0.717, 1.165) is 19.6 Å². The molecule has 0 bridgehead atoms. The normalized spacial score (nSPS) is 18.1. The maximum atomic E-state index is 4.78. The van der Waals surface area contributed by atoms with Gasteiger partial charge in [0.15, 0.2) is 0 Å². The Hall–Kier alpha value is -1.91. The van der Waals surface area contributed by atoms with E-state index in [1.165, 1.54) is 39.8 Å². The molecule has 1 unspecified atom stereocenters. The molecule has 0 aliphatic carbocycles. The number of hydrogen-bond donors (Lipinski definition) is 0. The Morgan fingerprint density at radius 3 is 2.68 bits per heavy atom. The second kappa shape index (κ2) is 7.14. The van der Waals surface area contributed by atoms with Crippen LogP contribution in [0, 0.1) is 13.8 Å². The summed E-state index contributed by atoms with van der Waals surface area (Å²) in [6.07, 6.45) is 3.24. The SMILES string of the molecule is Cc1ccc(CN2CCC(c3ncc(C)n3Cc3ccccc3)C2)s1. The lowest BCUT2D eigenvalue weighted by Crippen LogP contribution is -2.20. The molecule has 4 rings (SSSR count). The molecule has 0 amide bonds. The summed E-state index contributed by atoms with van der Waals surface area (Å²) in [5, 5.41) is 0. The molecular weight excluding hydrogens is 326 g/mol. The van der Waals surface area contributed by atoms with Crippen LogP contribution in [-0.4, -0.2) is 27.5 Å². The molecule has 130 valence electrons. The fraction of sp³-hybridized carbons (Fsp3) is 0.381. The summed E-state index contributed by atoms with van der Waals surface area (Å²) < 4.78 is 2.40. The van der Waals surface area contributed by atoms with Crippen molar-refractivity contribution in [3.8, 4) is 0 Å². The molecular formula is C21H25N3S. The van der Waals surface area contributed by atoms with Crippen molar-refractivity contribution >= 4 is 11.3 Å². The molecule has 0 spiro atoms. The molecule has 3 heterocycles. The summed E-state index contributed by atoms with van der Waals surface area (Å²) in [6.45, 7) is 8.63. The number of hydrogen-bond acceptors (Lipinski definition) is 3. The van der Waals surface area contributed by atoms with Crippen molar-refractivity contribution < 1.29 is 0 Å². The molecule has 3 aromatic rings. The van der Waals surface area contributed by atoms with E-state index in [-0.39, 0.29) is 0 Å². The van der Waals surface area contributed by atoms with Gasteiger partial charge in [-0.1, -0.05) is 30.3 Å². The fourth-order valence-corrected chi connectivity index (χ4v) is 4.69. The highest BCUT2D eigenvalue weighted by Crippen LogP contribution is 2.29. The minimum Gasteiger partial charge on any atom is -0.328 e. The second-order valence-electron chi connectivity index (χ2n) is 7.06. The van der Waals surface area contributed by atoms with Crippen LogP contribution in [0.3, 0.4) is 0 Å². The third-order valence-electron chi connectivity index (χ3n) is 5.08. The zero-order valence-electron chi connectivity index (χ0n) is 15.0. The maximum Gasteiger partial charge on any atom is 0.113 e. The van der Waals surface area contributed by atoms with Crippen LogP contribution >= 0.6 is 11.3 Å². The summed E-state index contributed by atoms with van der Waals surface area (Å²) >= 11 is 1.92. The lowest BCUT2D eigenvalue weighted by molar-refractivity contribution is 0.328. The van der Waals surface area contributed by atoms with Crippen molar-refractivity contribution in [1.82, 2.24) is 14.5 Å². The number of rotatable bonds is 5. The van der Waals surface area contributed by atoms with Crippen molar-refractivity contribution in [2.45, 2.75) is 39.3 Å². The van der Waals surface area contributed by atoms with Gasteiger partial charge in [0.2, 0.25) is 0 Å². The summed E-state index contributed by atoms with van der Waals surface area (Å²) in [4.78, 5) is 10.2.